The molecule has 1 aromatic rings. The van der Waals surface area contributed by atoms with Crippen LogP contribution in [0.4, 0.5) is 0 Å². The first-order chi connectivity index (χ1) is 9.73. The van der Waals surface area contributed by atoms with E-state index < -0.39 is 0 Å². The average Bonchev–Trinajstić information content (AvgIpc) is 3.12. The fourth-order valence-corrected chi connectivity index (χ4v) is 3.60. The Balaban J connectivity index is 1.79. The highest BCUT2D eigenvalue weighted by Gasteiger charge is 2.34. The standard InChI is InChI=1S/C16H22ClNO2/c17-14-9-12(16(11-18)6-1-2-7-16)3-4-15(14)20-13-5-8-19-10-13/h3-4,9,13H,1-2,5-8,10-11,18H2. The van der Waals surface area contributed by atoms with Crippen molar-refractivity contribution in [3.63, 3.8) is 0 Å². The summed E-state index contributed by atoms with van der Waals surface area (Å²) in [6, 6.07) is 6.17. The van der Waals surface area contributed by atoms with Gasteiger partial charge >= 0.3 is 0 Å². The minimum absolute atomic E-state index is 0.124. The summed E-state index contributed by atoms with van der Waals surface area (Å²) >= 11 is 6.40. The number of ether oxygens (including phenoxy) is 2. The Morgan fingerprint density at radius 3 is 2.75 bits per heavy atom. The van der Waals surface area contributed by atoms with Gasteiger partial charge in [-0.2, -0.15) is 0 Å². The Bertz CT molecular complexity index is 466. The lowest BCUT2D eigenvalue weighted by atomic mass is 9.79. The number of nitrogens with two attached hydrogens (primary N) is 1. The minimum Gasteiger partial charge on any atom is -0.486 e. The van der Waals surface area contributed by atoms with Crippen LogP contribution in [0.2, 0.25) is 5.02 Å². The predicted octanol–water partition coefficient (Wildman–Crippen LogP) is 3.28. The molecule has 2 aliphatic rings. The second-order valence-electron chi connectivity index (χ2n) is 5.94. The Morgan fingerprint density at radius 2 is 2.15 bits per heavy atom. The van der Waals surface area contributed by atoms with Gasteiger partial charge in [0.15, 0.2) is 0 Å². The van der Waals surface area contributed by atoms with Gasteiger partial charge in [-0.25, -0.2) is 0 Å². The molecule has 0 spiro atoms. The molecule has 1 aliphatic heterocycles. The van der Waals surface area contributed by atoms with Gasteiger partial charge in [0.05, 0.1) is 18.2 Å². The zero-order chi connectivity index (χ0) is 14.0. The molecule has 20 heavy (non-hydrogen) atoms. The quantitative estimate of drug-likeness (QED) is 0.927. The van der Waals surface area contributed by atoms with Crippen LogP contribution in [-0.2, 0) is 10.2 Å². The second-order valence-corrected chi connectivity index (χ2v) is 6.35. The van der Waals surface area contributed by atoms with Gasteiger partial charge in [-0.1, -0.05) is 30.5 Å². The molecular formula is C16H22ClNO2. The lowest BCUT2D eigenvalue weighted by Crippen LogP contribution is -2.32. The van der Waals surface area contributed by atoms with E-state index in [-0.39, 0.29) is 11.5 Å². The third-order valence-corrected chi connectivity index (χ3v) is 4.97. The monoisotopic (exact) mass is 295 g/mol. The molecular weight excluding hydrogens is 274 g/mol. The third kappa shape index (κ3) is 2.67. The van der Waals surface area contributed by atoms with Crippen LogP contribution in [0.1, 0.15) is 37.7 Å². The normalized spacial score (nSPS) is 25.0. The van der Waals surface area contributed by atoms with Crippen molar-refractivity contribution in [1.82, 2.24) is 0 Å². The van der Waals surface area contributed by atoms with Gasteiger partial charge in [0.2, 0.25) is 0 Å². The van der Waals surface area contributed by atoms with E-state index in [1.165, 1.54) is 18.4 Å². The second kappa shape index (κ2) is 5.92. The molecule has 0 amide bonds. The molecule has 3 rings (SSSR count). The highest BCUT2D eigenvalue weighted by molar-refractivity contribution is 6.32. The molecule has 1 aliphatic carbocycles. The molecule has 0 bridgehead atoms. The predicted molar refractivity (Wildman–Crippen MR) is 80.5 cm³/mol. The molecule has 1 unspecified atom stereocenters. The molecule has 1 heterocycles. The summed E-state index contributed by atoms with van der Waals surface area (Å²) in [6.45, 7) is 2.13. The van der Waals surface area contributed by atoms with E-state index in [4.69, 9.17) is 26.8 Å². The first-order valence-electron chi connectivity index (χ1n) is 7.48. The number of rotatable bonds is 4. The highest BCUT2D eigenvalue weighted by atomic mass is 35.5. The number of benzene rings is 1. The molecule has 1 saturated carbocycles. The van der Waals surface area contributed by atoms with Crippen molar-refractivity contribution in [2.75, 3.05) is 19.8 Å². The first kappa shape index (κ1) is 14.2. The number of halogens is 1. The van der Waals surface area contributed by atoms with Crippen molar-refractivity contribution >= 4 is 11.6 Å². The molecule has 3 nitrogen and oxygen atoms in total. The molecule has 0 aromatic heterocycles. The van der Waals surface area contributed by atoms with Gasteiger partial charge in [-0.3, -0.25) is 0 Å². The maximum atomic E-state index is 6.40. The molecule has 2 N–H and O–H groups in total. The minimum atomic E-state index is 0.124. The van der Waals surface area contributed by atoms with Crippen LogP contribution in [0, 0.1) is 0 Å². The maximum Gasteiger partial charge on any atom is 0.138 e. The highest BCUT2D eigenvalue weighted by Crippen LogP contribution is 2.42. The van der Waals surface area contributed by atoms with Gasteiger partial charge in [0.25, 0.3) is 0 Å². The molecule has 4 heteroatoms. The summed E-state index contributed by atoms with van der Waals surface area (Å²) in [7, 11) is 0. The molecule has 1 atom stereocenters. The van der Waals surface area contributed by atoms with Crippen molar-refractivity contribution in [1.29, 1.82) is 0 Å². The van der Waals surface area contributed by atoms with Crippen molar-refractivity contribution in [3.05, 3.63) is 28.8 Å². The van der Waals surface area contributed by atoms with E-state index in [1.54, 1.807) is 0 Å². The van der Waals surface area contributed by atoms with Gasteiger partial charge < -0.3 is 15.2 Å². The summed E-state index contributed by atoms with van der Waals surface area (Å²) in [6.07, 6.45) is 5.91. The summed E-state index contributed by atoms with van der Waals surface area (Å²) in [5, 5.41) is 0.689. The van der Waals surface area contributed by atoms with Crippen LogP contribution in [0.5, 0.6) is 5.75 Å². The van der Waals surface area contributed by atoms with Crippen LogP contribution in [0.25, 0.3) is 0 Å². The third-order valence-electron chi connectivity index (χ3n) is 4.68. The first-order valence-corrected chi connectivity index (χ1v) is 7.86. The lowest BCUT2D eigenvalue weighted by Gasteiger charge is -2.28. The van der Waals surface area contributed by atoms with Gasteiger partial charge in [-0.05, 0) is 30.5 Å². The van der Waals surface area contributed by atoms with Crippen molar-refractivity contribution < 1.29 is 9.47 Å². The SMILES string of the molecule is NCC1(c2ccc(OC3CCOC3)c(Cl)c2)CCCC1. The van der Waals surface area contributed by atoms with E-state index in [2.05, 4.69) is 6.07 Å². The fraction of sp³-hybridized carbons (Fsp3) is 0.625. The largest absolute Gasteiger partial charge is 0.486 e. The molecule has 1 saturated heterocycles. The summed E-state index contributed by atoms with van der Waals surface area (Å²) in [5.41, 5.74) is 7.42. The van der Waals surface area contributed by atoms with Crippen molar-refractivity contribution in [2.24, 2.45) is 5.73 Å². The molecule has 110 valence electrons. The van der Waals surface area contributed by atoms with Crippen LogP contribution in [0.15, 0.2) is 18.2 Å². The van der Waals surface area contributed by atoms with E-state index >= 15 is 0 Å². The molecule has 0 radical (unpaired) electrons. The average molecular weight is 296 g/mol. The van der Waals surface area contributed by atoms with Gasteiger partial charge in [0.1, 0.15) is 11.9 Å². The van der Waals surface area contributed by atoms with E-state index in [1.807, 2.05) is 12.1 Å². The lowest BCUT2D eigenvalue weighted by molar-refractivity contribution is 0.141. The van der Waals surface area contributed by atoms with Gasteiger partial charge in [0, 0.05) is 18.4 Å². The van der Waals surface area contributed by atoms with Crippen LogP contribution < -0.4 is 10.5 Å². The number of hydrogen-bond donors (Lipinski definition) is 1. The molecule has 1 aromatic carbocycles. The van der Waals surface area contributed by atoms with Crippen LogP contribution in [-0.4, -0.2) is 25.9 Å². The summed E-state index contributed by atoms with van der Waals surface area (Å²) < 4.78 is 11.2. The zero-order valence-electron chi connectivity index (χ0n) is 11.7. The Labute approximate surface area is 125 Å². The Morgan fingerprint density at radius 1 is 1.35 bits per heavy atom. The Kier molecular flexibility index (Phi) is 4.20. The zero-order valence-corrected chi connectivity index (χ0v) is 12.5. The fourth-order valence-electron chi connectivity index (χ4n) is 3.37. The Hall–Kier alpha value is -0.770. The van der Waals surface area contributed by atoms with Crippen LogP contribution in [0.3, 0.4) is 0 Å². The van der Waals surface area contributed by atoms with Gasteiger partial charge in [-0.15, -0.1) is 0 Å². The smallest absolute Gasteiger partial charge is 0.138 e. The van der Waals surface area contributed by atoms with E-state index in [0.717, 1.165) is 31.6 Å². The number of hydrogen-bond acceptors (Lipinski definition) is 3. The van der Waals surface area contributed by atoms with Crippen molar-refractivity contribution in [3.8, 4) is 5.75 Å². The summed E-state index contributed by atoms with van der Waals surface area (Å²) in [4.78, 5) is 0. The summed E-state index contributed by atoms with van der Waals surface area (Å²) in [5.74, 6) is 0.760. The maximum absolute atomic E-state index is 6.40. The molecule has 2 fully saturated rings. The van der Waals surface area contributed by atoms with E-state index in [0.29, 0.717) is 18.2 Å². The van der Waals surface area contributed by atoms with E-state index in [9.17, 15) is 0 Å². The topological polar surface area (TPSA) is 44.5 Å². The van der Waals surface area contributed by atoms with Crippen molar-refractivity contribution in [2.45, 2.75) is 43.6 Å². The van der Waals surface area contributed by atoms with Crippen LogP contribution >= 0.6 is 11.6 Å².